The van der Waals surface area contributed by atoms with E-state index in [1.807, 2.05) is 48.5 Å². The fraction of sp³-hybridized carbons (Fsp3) is 0.176. The number of carbonyl (C=O) groups is 1. The number of amides is 1. The molecule has 0 fully saturated rings. The van der Waals surface area contributed by atoms with Crippen LogP contribution >= 0.6 is 11.8 Å². The van der Waals surface area contributed by atoms with Crippen molar-refractivity contribution in [1.82, 2.24) is 5.32 Å². The number of rotatable bonds is 4. The zero-order valence-corrected chi connectivity index (χ0v) is 12.4. The first-order valence-corrected chi connectivity index (χ1v) is 7.89. The number of carbonyl (C=O) groups excluding carboxylic acids is 1. The van der Waals surface area contributed by atoms with Crippen molar-refractivity contribution in [1.29, 1.82) is 0 Å². The van der Waals surface area contributed by atoms with Crippen molar-refractivity contribution in [2.45, 2.75) is 13.0 Å². The van der Waals surface area contributed by atoms with E-state index in [0.717, 1.165) is 22.7 Å². The third-order valence-corrected chi connectivity index (χ3v) is 4.26. The Kier molecular flexibility index (Phi) is 4.36. The highest BCUT2D eigenvalue weighted by molar-refractivity contribution is 8.14. The molecule has 0 atom stereocenters. The van der Waals surface area contributed by atoms with Crippen LogP contribution in [0, 0.1) is 0 Å². The van der Waals surface area contributed by atoms with Crippen LogP contribution in [0.15, 0.2) is 59.6 Å². The van der Waals surface area contributed by atoms with Crippen molar-refractivity contribution < 1.29 is 4.79 Å². The lowest BCUT2D eigenvalue weighted by molar-refractivity contribution is -0.118. The van der Waals surface area contributed by atoms with Gasteiger partial charge in [-0.15, -0.1) is 11.8 Å². The molecule has 21 heavy (non-hydrogen) atoms. The Morgan fingerprint density at radius 3 is 2.67 bits per heavy atom. The van der Waals surface area contributed by atoms with Gasteiger partial charge in [-0.25, -0.2) is 4.99 Å². The van der Waals surface area contributed by atoms with Crippen molar-refractivity contribution in [3.8, 4) is 0 Å². The van der Waals surface area contributed by atoms with Crippen molar-refractivity contribution in [2.24, 2.45) is 4.99 Å². The minimum absolute atomic E-state index is 0.0440. The standard InChI is InChI=1S/C17H16N2OS/c20-16(18-11-13-6-2-1-3-7-13)12-21-17-10-14-8-4-5-9-15(14)19-17/h1-9H,10-12H2,(H,18,20). The van der Waals surface area contributed by atoms with Crippen LogP contribution in [0.4, 0.5) is 5.69 Å². The fourth-order valence-corrected chi connectivity index (χ4v) is 3.01. The second-order valence-corrected chi connectivity index (χ2v) is 5.91. The highest BCUT2D eigenvalue weighted by atomic mass is 32.2. The molecule has 0 spiro atoms. The van der Waals surface area contributed by atoms with Crippen LogP contribution in [0.2, 0.25) is 0 Å². The first-order chi connectivity index (χ1) is 10.3. The molecule has 0 saturated carbocycles. The van der Waals surface area contributed by atoms with Crippen LogP contribution in [0.3, 0.4) is 0 Å². The molecule has 0 unspecified atom stereocenters. The Bertz CT molecular complexity index is 668. The monoisotopic (exact) mass is 296 g/mol. The topological polar surface area (TPSA) is 41.5 Å². The minimum atomic E-state index is 0.0440. The third-order valence-electron chi connectivity index (χ3n) is 3.28. The van der Waals surface area contributed by atoms with Gasteiger partial charge in [0, 0.05) is 13.0 Å². The second kappa shape index (κ2) is 6.59. The van der Waals surface area contributed by atoms with E-state index in [4.69, 9.17) is 0 Å². The Hall–Kier alpha value is -2.07. The summed E-state index contributed by atoms with van der Waals surface area (Å²) in [7, 11) is 0. The van der Waals surface area contributed by atoms with Gasteiger partial charge in [-0.05, 0) is 17.2 Å². The Morgan fingerprint density at radius 2 is 1.86 bits per heavy atom. The number of hydrogen-bond acceptors (Lipinski definition) is 3. The smallest absolute Gasteiger partial charge is 0.230 e. The van der Waals surface area contributed by atoms with Crippen molar-refractivity contribution in [3.63, 3.8) is 0 Å². The molecule has 2 aromatic carbocycles. The molecule has 106 valence electrons. The maximum atomic E-state index is 11.9. The van der Waals surface area contributed by atoms with Gasteiger partial charge in [-0.3, -0.25) is 4.79 Å². The maximum absolute atomic E-state index is 11.9. The van der Waals surface area contributed by atoms with Crippen molar-refractivity contribution in [2.75, 3.05) is 5.75 Å². The number of fused-ring (bicyclic) bond motifs is 1. The lowest BCUT2D eigenvalue weighted by Gasteiger charge is -2.05. The molecule has 0 aromatic heterocycles. The van der Waals surface area contributed by atoms with E-state index in [2.05, 4.69) is 16.4 Å². The normalized spacial score (nSPS) is 12.7. The van der Waals surface area contributed by atoms with Gasteiger partial charge in [0.05, 0.1) is 16.5 Å². The summed E-state index contributed by atoms with van der Waals surface area (Å²) in [6, 6.07) is 18.0. The van der Waals surface area contributed by atoms with E-state index in [1.54, 1.807) is 0 Å². The second-order valence-electron chi connectivity index (χ2n) is 4.86. The van der Waals surface area contributed by atoms with Gasteiger partial charge < -0.3 is 5.32 Å². The van der Waals surface area contributed by atoms with E-state index < -0.39 is 0 Å². The average molecular weight is 296 g/mol. The summed E-state index contributed by atoms with van der Waals surface area (Å²) < 4.78 is 0. The molecule has 1 aliphatic heterocycles. The number of thioether (sulfide) groups is 1. The highest BCUT2D eigenvalue weighted by Crippen LogP contribution is 2.29. The number of benzene rings is 2. The van der Waals surface area contributed by atoms with Crippen LogP contribution in [-0.2, 0) is 17.8 Å². The van der Waals surface area contributed by atoms with Crippen molar-refractivity contribution >= 4 is 28.4 Å². The largest absolute Gasteiger partial charge is 0.351 e. The SMILES string of the molecule is O=C(CSC1=Nc2ccccc2C1)NCc1ccccc1. The predicted octanol–water partition coefficient (Wildman–Crippen LogP) is 3.32. The summed E-state index contributed by atoms with van der Waals surface area (Å²) in [5.41, 5.74) is 3.39. The number of para-hydroxylation sites is 1. The van der Waals surface area contributed by atoms with Gasteiger partial charge in [0.2, 0.25) is 5.91 Å². The molecular formula is C17H16N2OS. The lowest BCUT2D eigenvalue weighted by atomic mass is 10.2. The van der Waals surface area contributed by atoms with Gasteiger partial charge in [0.15, 0.2) is 0 Å². The summed E-state index contributed by atoms with van der Waals surface area (Å²) in [5.74, 6) is 0.460. The van der Waals surface area contributed by atoms with Crippen LogP contribution in [0.5, 0.6) is 0 Å². The van der Waals surface area contributed by atoms with Gasteiger partial charge in [0.25, 0.3) is 0 Å². The molecule has 0 saturated heterocycles. The maximum Gasteiger partial charge on any atom is 0.230 e. The first-order valence-electron chi connectivity index (χ1n) is 6.90. The summed E-state index contributed by atoms with van der Waals surface area (Å²) in [4.78, 5) is 16.4. The number of nitrogens with one attached hydrogen (secondary N) is 1. The highest BCUT2D eigenvalue weighted by Gasteiger charge is 2.15. The van der Waals surface area contributed by atoms with Crippen LogP contribution in [0.1, 0.15) is 11.1 Å². The summed E-state index contributed by atoms with van der Waals surface area (Å²) in [6.45, 7) is 0.576. The van der Waals surface area contributed by atoms with Crippen LogP contribution in [-0.4, -0.2) is 16.7 Å². The first kappa shape index (κ1) is 13.9. The molecule has 1 aliphatic rings. The van der Waals surface area contributed by atoms with E-state index in [1.165, 1.54) is 17.3 Å². The Balaban J connectivity index is 1.45. The van der Waals surface area contributed by atoms with Crippen LogP contribution in [0.25, 0.3) is 0 Å². The minimum Gasteiger partial charge on any atom is -0.351 e. The molecule has 0 radical (unpaired) electrons. The Morgan fingerprint density at radius 1 is 1.10 bits per heavy atom. The predicted molar refractivity (Wildman–Crippen MR) is 88.0 cm³/mol. The molecule has 0 aliphatic carbocycles. The summed E-state index contributed by atoms with van der Waals surface area (Å²) >= 11 is 1.52. The lowest BCUT2D eigenvalue weighted by Crippen LogP contribution is -2.25. The van der Waals surface area contributed by atoms with E-state index in [-0.39, 0.29) is 5.91 Å². The molecule has 1 N–H and O–H groups in total. The molecule has 2 aromatic rings. The summed E-state index contributed by atoms with van der Waals surface area (Å²) in [5, 5.41) is 3.95. The van der Waals surface area contributed by atoms with Gasteiger partial charge in [-0.1, -0.05) is 48.5 Å². The number of nitrogens with zero attached hydrogens (tertiary/aromatic N) is 1. The quantitative estimate of drug-likeness (QED) is 0.940. The number of hydrogen-bond donors (Lipinski definition) is 1. The molecular weight excluding hydrogens is 280 g/mol. The molecule has 1 heterocycles. The molecule has 3 nitrogen and oxygen atoms in total. The van der Waals surface area contributed by atoms with Gasteiger partial charge >= 0.3 is 0 Å². The molecule has 4 heteroatoms. The molecule has 3 rings (SSSR count). The van der Waals surface area contributed by atoms with Crippen molar-refractivity contribution in [3.05, 3.63) is 65.7 Å². The Labute approximate surface area is 128 Å². The van der Waals surface area contributed by atoms with E-state index >= 15 is 0 Å². The molecule has 0 bridgehead atoms. The van der Waals surface area contributed by atoms with E-state index in [0.29, 0.717) is 12.3 Å². The zero-order chi connectivity index (χ0) is 14.5. The van der Waals surface area contributed by atoms with Crippen LogP contribution < -0.4 is 5.32 Å². The molecule has 1 amide bonds. The summed E-state index contributed by atoms with van der Waals surface area (Å²) in [6.07, 6.45) is 0.840. The van der Waals surface area contributed by atoms with Gasteiger partial charge in [-0.2, -0.15) is 0 Å². The third kappa shape index (κ3) is 3.73. The average Bonchev–Trinajstić information content (AvgIpc) is 2.95. The van der Waals surface area contributed by atoms with Gasteiger partial charge in [0.1, 0.15) is 0 Å². The van der Waals surface area contributed by atoms with E-state index in [9.17, 15) is 4.79 Å². The fourth-order valence-electron chi connectivity index (χ4n) is 2.19. The zero-order valence-electron chi connectivity index (χ0n) is 11.6. The number of aliphatic imine (C=N–C) groups is 1.